The summed E-state index contributed by atoms with van der Waals surface area (Å²) in [5.41, 5.74) is 10.1. The van der Waals surface area contributed by atoms with Crippen molar-refractivity contribution in [2.45, 2.75) is 70.5 Å². The first-order valence-electron chi connectivity index (χ1n) is 12.9. The fourth-order valence-corrected chi connectivity index (χ4v) is 4.87. The minimum atomic E-state index is -0.438. The molecule has 0 bridgehead atoms. The Hall–Kier alpha value is -3.51. The van der Waals surface area contributed by atoms with E-state index in [2.05, 4.69) is 26.1 Å². The molecule has 2 unspecified atom stereocenters. The second-order valence-electron chi connectivity index (χ2n) is 10.9. The number of benzene rings is 3. The van der Waals surface area contributed by atoms with E-state index in [9.17, 15) is 14.0 Å². The van der Waals surface area contributed by atoms with Crippen molar-refractivity contribution < 1.29 is 14.0 Å². The quantitative estimate of drug-likeness (QED) is 0.417. The molecule has 1 saturated carbocycles. The van der Waals surface area contributed by atoms with Gasteiger partial charge in [0.15, 0.2) is 0 Å². The van der Waals surface area contributed by atoms with Crippen LogP contribution >= 0.6 is 0 Å². The Morgan fingerprint density at radius 2 is 1.62 bits per heavy atom. The van der Waals surface area contributed by atoms with E-state index in [1.807, 2.05) is 48.5 Å². The third-order valence-corrected chi connectivity index (χ3v) is 7.09. The van der Waals surface area contributed by atoms with Crippen molar-refractivity contribution in [3.8, 4) is 0 Å². The van der Waals surface area contributed by atoms with Gasteiger partial charge < -0.3 is 16.0 Å². The normalized spacial score (nSPS) is 17.8. The molecule has 194 valence electrons. The van der Waals surface area contributed by atoms with Crippen LogP contribution in [-0.4, -0.2) is 28.8 Å². The lowest BCUT2D eigenvalue weighted by molar-refractivity contribution is 0.0583. The van der Waals surface area contributed by atoms with Gasteiger partial charge in [0.2, 0.25) is 0 Å². The summed E-state index contributed by atoms with van der Waals surface area (Å²) in [5, 5.41) is 2.94. The number of nitrogens with zero attached hydrogens (tertiary/aromatic N) is 1. The maximum absolute atomic E-state index is 13.8. The zero-order valence-corrected chi connectivity index (χ0v) is 21.8. The Labute approximate surface area is 218 Å². The number of nitrogens with two attached hydrogens (primary N) is 1. The molecule has 0 heterocycles. The summed E-state index contributed by atoms with van der Waals surface area (Å²) in [4.78, 5) is 28.0. The van der Waals surface area contributed by atoms with E-state index in [-0.39, 0.29) is 29.3 Å². The van der Waals surface area contributed by atoms with Gasteiger partial charge in [0, 0.05) is 35.4 Å². The van der Waals surface area contributed by atoms with Crippen molar-refractivity contribution in [2.24, 2.45) is 5.73 Å². The SMILES string of the molecule is CC(C)(C)c1ccc(C(=O)Nc2ccc(CN(C(=O)c3cccc(F)c3)C3CCCCC3N)cc2)cc1. The highest BCUT2D eigenvalue weighted by atomic mass is 19.1. The van der Waals surface area contributed by atoms with Gasteiger partial charge in [-0.25, -0.2) is 4.39 Å². The zero-order valence-electron chi connectivity index (χ0n) is 21.8. The van der Waals surface area contributed by atoms with Gasteiger partial charge in [-0.3, -0.25) is 9.59 Å². The Morgan fingerprint density at radius 3 is 2.24 bits per heavy atom. The van der Waals surface area contributed by atoms with Gasteiger partial charge in [0.05, 0.1) is 0 Å². The largest absolute Gasteiger partial charge is 0.330 e. The standard InChI is InChI=1S/C31H36FN3O2/c1-31(2,3)24-15-13-22(14-16-24)29(36)34-26-17-11-21(12-18-26)20-35(28-10-5-4-9-27(28)33)30(37)23-7-6-8-25(32)19-23/h6-8,11-19,27-28H,4-5,9-10,20,33H2,1-3H3,(H,34,36). The highest BCUT2D eigenvalue weighted by Crippen LogP contribution is 2.26. The van der Waals surface area contributed by atoms with Crippen LogP contribution in [0.5, 0.6) is 0 Å². The van der Waals surface area contributed by atoms with Crippen LogP contribution in [-0.2, 0) is 12.0 Å². The monoisotopic (exact) mass is 501 g/mol. The fraction of sp³-hybridized carbons (Fsp3) is 0.355. The van der Waals surface area contributed by atoms with Crippen LogP contribution in [0.2, 0.25) is 0 Å². The number of rotatable bonds is 6. The molecule has 6 heteroatoms. The number of anilines is 1. The molecule has 0 aromatic heterocycles. The molecule has 0 spiro atoms. The summed E-state index contributed by atoms with van der Waals surface area (Å²) in [7, 11) is 0. The van der Waals surface area contributed by atoms with Crippen LogP contribution in [0.3, 0.4) is 0 Å². The summed E-state index contributed by atoms with van der Waals surface area (Å²) in [5.74, 6) is -0.839. The van der Waals surface area contributed by atoms with Gasteiger partial charge in [0.1, 0.15) is 5.82 Å². The van der Waals surface area contributed by atoms with Crippen LogP contribution in [0.4, 0.5) is 10.1 Å². The molecule has 3 aromatic rings. The van der Waals surface area contributed by atoms with E-state index < -0.39 is 5.82 Å². The number of carbonyl (C=O) groups is 2. The molecule has 1 aliphatic carbocycles. The maximum Gasteiger partial charge on any atom is 0.255 e. The van der Waals surface area contributed by atoms with Crippen LogP contribution in [0.1, 0.15) is 78.3 Å². The molecule has 3 aromatic carbocycles. The lowest BCUT2D eigenvalue weighted by atomic mass is 9.87. The van der Waals surface area contributed by atoms with Crippen LogP contribution in [0, 0.1) is 5.82 Å². The summed E-state index contributed by atoms with van der Waals surface area (Å²) >= 11 is 0. The molecule has 3 N–H and O–H groups in total. The smallest absolute Gasteiger partial charge is 0.255 e. The molecular formula is C31H36FN3O2. The van der Waals surface area contributed by atoms with Gasteiger partial charge in [-0.15, -0.1) is 0 Å². The van der Waals surface area contributed by atoms with E-state index >= 15 is 0 Å². The third-order valence-electron chi connectivity index (χ3n) is 7.09. The Morgan fingerprint density at radius 1 is 0.946 bits per heavy atom. The molecular weight excluding hydrogens is 465 g/mol. The zero-order chi connectivity index (χ0) is 26.6. The number of carbonyl (C=O) groups excluding carboxylic acids is 2. The van der Waals surface area contributed by atoms with Crippen molar-refractivity contribution in [1.29, 1.82) is 0 Å². The topological polar surface area (TPSA) is 75.4 Å². The van der Waals surface area contributed by atoms with E-state index in [0.717, 1.165) is 31.2 Å². The average Bonchev–Trinajstić information content (AvgIpc) is 2.88. The predicted molar refractivity (Wildman–Crippen MR) is 146 cm³/mol. The number of hydrogen-bond acceptors (Lipinski definition) is 3. The number of nitrogens with one attached hydrogen (secondary N) is 1. The number of halogens is 1. The predicted octanol–water partition coefficient (Wildman–Crippen LogP) is 6.29. The molecule has 2 amide bonds. The highest BCUT2D eigenvalue weighted by molar-refractivity contribution is 6.04. The summed E-state index contributed by atoms with van der Waals surface area (Å²) < 4.78 is 13.8. The molecule has 5 nitrogen and oxygen atoms in total. The first kappa shape index (κ1) is 26.6. The van der Waals surface area contributed by atoms with Crippen LogP contribution in [0.25, 0.3) is 0 Å². The molecule has 2 atom stereocenters. The van der Waals surface area contributed by atoms with Gasteiger partial charge in [-0.05, 0) is 71.8 Å². The lowest BCUT2D eigenvalue weighted by Gasteiger charge is -2.38. The Balaban J connectivity index is 1.48. The molecule has 0 aliphatic heterocycles. The van der Waals surface area contributed by atoms with Gasteiger partial charge in [0.25, 0.3) is 11.8 Å². The van der Waals surface area contributed by atoms with Crippen molar-refractivity contribution in [3.05, 3.63) is 101 Å². The van der Waals surface area contributed by atoms with E-state index in [1.165, 1.54) is 17.7 Å². The van der Waals surface area contributed by atoms with E-state index in [4.69, 9.17) is 5.73 Å². The second-order valence-corrected chi connectivity index (χ2v) is 10.9. The number of amides is 2. The average molecular weight is 502 g/mol. The van der Waals surface area contributed by atoms with Crippen LogP contribution in [0.15, 0.2) is 72.8 Å². The minimum absolute atomic E-state index is 0.0241. The van der Waals surface area contributed by atoms with E-state index in [0.29, 0.717) is 23.4 Å². The van der Waals surface area contributed by atoms with E-state index in [1.54, 1.807) is 17.0 Å². The minimum Gasteiger partial charge on any atom is -0.330 e. The van der Waals surface area contributed by atoms with Gasteiger partial charge in [-0.2, -0.15) is 0 Å². The van der Waals surface area contributed by atoms with Crippen molar-refractivity contribution in [3.63, 3.8) is 0 Å². The summed E-state index contributed by atoms with van der Waals surface area (Å²) in [6, 6.07) is 20.7. The first-order valence-corrected chi connectivity index (χ1v) is 12.9. The van der Waals surface area contributed by atoms with Crippen molar-refractivity contribution >= 4 is 17.5 Å². The third kappa shape index (κ3) is 6.63. The molecule has 4 rings (SSSR count). The maximum atomic E-state index is 13.8. The fourth-order valence-electron chi connectivity index (χ4n) is 4.87. The second kappa shape index (κ2) is 11.3. The van der Waals surface area contributed by atoms with Gasteiger partial charge >= 0.3 is 0 Å². The van der Waals surface area contributed by atoms with Crippen LogP contribution < -0.4 is 11.1 Å². The van der Waals surface area contributed by atoms with Gasteiger partial charge in [-0.1, -0.05) is 63.9 Å². The lowest BCUT2D eigenvalue weighted by Crippen LogP contribution is -2.51. The Kier molecular flexibility index (Phi) is 8.08. The molecule has 37 heavy (non-hydrogen) atoms. The number of hydrogen-bond donors (Lipinski definition) is 2. The molecule has 1 fully saturated rings. The van der Waals surface area contributed by atoms with Crippen molar-refractivity contribution in [2.75, 3.05) is 5.32 Å². The Bertz CT molecular complexity index is 1230. The highest BCUT2D eigenvalue weighted by Gasteiger charge is 2.31. The summed E-state index contributed by atoms with van der Waals surface area (Å²) in [6.45, 7) is 6.77. The first-order chi connectivity index (χ1) is 17.6. The molecule has 0 saturated heterocycles. The van der Waals surface area contributed by atoms with Crippen molar-refractivity contribution in [1.82, 2.24) is 4.90 Å². The molecule has 0 radical (unpaired) electrons. The summed E-state index contributed by atoms with van der Waals surface area (Å²) in [6.07, 6.45) is 3.74. The molecule has 1 aliphatic rings.